The number of imidazole rings is 2. The molecule has 0 saturated heterocycles. The van der Waals surface area contributed by atoms with Gasteiger partial charge in [0.15, 0.2) is 0 Å². The normalized spacial score (nSPS) is 14.0. The molecular weight excluding hydrogens is 603 g/mol. The molecule has 0 bridgehead atoms. The fourth-order valence-corrected chi connectivity index (χ4v) is 13.5. The molecule has 0 fully saturated rings. The monoisotopic (exact) mass is 629 g/mol. The number of benzene rings is 7. The van der Waals surface area contributed by atoms with E-state index in [4.69, 9.17) is 9.97 Å². The van der Waals surface area contributed by atoms with Crippen LogP contribution in [0.1, 0.15) is 0 Å². The van der Waals surface area contributed by atoms with E-state index in [0.717, 1.165) is 50.8 Å². The van der Waals surface area contributed by atoms with Crippen LogP contribution in [0, 0.1) is 0 Å². The molecular formula is C42H27N5Si. The fraction of sp³-hybridized carbons (Fsp3) is 0. The van der Waals surface area contributed by atoms with Gasteiger partial charge in [0.1, 0.15) is 0 Å². The van der Waals surface area contributed by atoms with Crippen molar-refractivity contribution in [3.05, 3.63) is 164 Å². The van der Waals surface area contributed by atoms with Crippen LogP contribution in [0.5, 0.6) is 0 Å². The molecule has 48 heavy (non-hydrogen) atoms. The summed E-state index contributed by atoms with van der Waals surface area (Å²) < 4.78 is 5.24. The summed E-state index contributed by atoms with van der Waals surface area (Å²) in [5, 5.41) is 5.08. The van der Waals surface area contributed by atoms with Crippen molar-refractivity contribution in [2.75, 3.05) is 4.90 Å². The van der Waals surface area contributed by atoms with Gasteiger partial charge in [-0.1, -0.05) is 133 Å². The maximum atomic E-state index is 5.65. The van der Waals surface area contributed by atoms with Crippen molar-refractivity contribution in [2.24, 2.45) is 0 Å². The summed E-state index contributed by atoms with van der Waals surface area (Å²) in [6, 6.07) is 59.1. The lowest BCUT2D eigenvalue weighted by Crippen LogP contribution is -2.69. The molecule has 11 rings (SSSR count). The zero-order chi connectivity index (χ0) is 31.4. The van der Waals surface area contributed by atoms with Gasteiger partial charge in [-0.15, -0.1) is 0 Å². The average molecular weight is 630 g/mol. The summed E-state index contributed by atoms with van der Waals surface area (Å²) in [6.45, 7) is 0. The second-order valence-corrected chi connectivity index (χ2v) is 16.0. The summed E-state index contributed by atoms with van der Waals surface area (Å²) >= 11 is 0. The molecule has 224 valence electrons. The Hall–Kier alpha value is -6.24. The van der Waals surface area contributed by atoms with Crippen molar-refractivity contribution in [3.8, 4) is 22.3 Å². The number of anilines is 3. The molecule has 0 atom stereocenters. The molecule has 0 radical (unpaired) electrons. The number of nitrogens with zero attached hydrogens (tertiary/aromatic N) is 5. The molecule has 6 heteroatoms. The minimum absolute atomic E-state index is 0.894. The van der Waals surface area contributed by atoms with E-state index in [-0.39, 0.29) is 0 Å². The molecule has 5 nitrogen and oxygen atoms in total. The summed E-state index contributed by atoms with van der Waals surface area (Å²) in [5.41, 5.74) is 10.1. The van der Waals surface area contributed by atoms with E-state index in [0.29, 0.717) is 0 Å². The number of para-hydroxylation sites is 2. The van der Waals surface area contributed by atoms with E-state index in [2.05, 4.69) is 177 Å². The molecule has 2 aliphatic rings. The molecule has 0 unspecified atom stereocenters. The first-order chi connectivity index (χ1) is 23.8. The molecule has 0 saturated carbocycles. The molecule has 2 aromatic heterocycles. The van der Waals surface area contributed by atoms with Gasteiger partial charge in [0.25, 0.3) is 0 Å². The van der Waals surface area contributed by atoms with Crippen LogP contribution in [0.3, 0.4) is 0 Å². The largest absolute Gasteiger partial charge is 0.346 e. The van der Waals surface area contributed by atoms with Crippen LogP contribution in [-0.4, -0.2) is 26.8 Å². The number of rotatable bonds is 2. The third kappa shape index (κ3) is 3.19. The lowest BCUT2D eigenvalue weighted by molar-refractivity contribution is 0.945. The summed E-state index contributed by atoms with van der Waals surface area (Å²) in [6.07, 6.45) is 0. The van der Waals surface area contributed by atoms with Gasteiger partial charge in [-0.05, 0) is 68.2 Å². The lowest BCUT2D eigenvalue weighted by atomic mass is 10.0. The average Bonchev–Trinajstić information content (AvgIpc) is 3.81. The highest BCUT2D eigenvalue weighted by atomic mass is 28.3. The van der Waals surface area contributed by atoms with Crippen LogP contribution >= 0.6 is 0 Å². The van der Waals surface area contributed by atoms with Gasteiger partial charge < -0.3 is 8.47 Å². The maximum absolute atomic E-state index is 5.65. The van der Waals surface area contributed by atoms with E-state index in [1.807, 2.05) is 0 Å². The maximum Gasteiger partial charge on any atom is 0.346 e. The summed E-state index contributed by atoms with van der Waals surface area (Å²) in [7, 11) is -3.15. The Morgan fingerprint density at radius 3 is 1.73 bits per heavy atom. The minimum Gasteiger partial charge on any atom is -0.310 e. The first kappa shape index (κ1) is 25.9. The zero-order valence-corrected chi connectivity index (χ0v) is 26.8. The highest BCUT2D eigenvalue weighted by molar-refractivity contribution is 7.04. The highest BCUT2D eigenvalue weighted by Gasteiger charge is 2.57. The van der Waals surface area contributed by atoms with Crippen LogP contribution < -0.4 is 15.3 Å². The van der Waals surface area contributed by atoms with Crippen LogP contribution in [0.15, 0.2) is 164 Å². The zero-order valence-electron chi connectivity index (χ0n) is 25.8. The van der Waals surface area contributed by atoms with Crippen molar-refractivity contribution in [3.63, 3.8) is 0 Å². The van der Waals surface area contributed by atoms with E-state index >= 15 is 0 Å². The molecule has 7 aromatic carbocycles. The van der Waals surface area contributed by atoms with Gasteiger partial charge in [-0.3, -0.25) is 4.90 Å². The van der Waals surface area contributed by atoms with Crippen molar-refractivity contribution in [1.82, 2.24) is 18.4 Å². The Morgan fingerprint density at radius 1 is 0.438 bits per heavy atom. The van der Waals surface area contributed by atoms with E-state index in [1.54, 1.807) is 0 Å². The van der Waals surface area contributed by atoms with Crippen molar-refractivity contribution in [2.45, 2.75) is 0 Å². The van der Waals surface area contributed by atoms with Gasteiger partial charge in [0.2, 0.25) is 11.9 Å². The number of fused-ring (bicyclic) bond motifs is 14. The van der Waals surface area contributed by atoms with Crippen LogP contribution in [0.25, 0.3) is 55.1 Å². The number of hydrogen-bond donors (Lipinski definition) is 0. The predicted molar refractivity (Wildman–Crippen MR) is 198 cm³/mol. The van der Waals surface area contributed by atoms with Gasteiger partial charge in [0.05, 0.1) is 27.8 Å². The Morgan fingerprint density at radius 2 is 1.00 bits per heavy atom. The lowest BCUT2D eigenvalue weighted by Gasteiger charge is -2.42. The predicted octanol–water partition coefficient (Wildman–Crippen LogP) is 8.62. The quantitative estimate of drug-likeness (QED) is 0.180. The SMILES string of the molecule is c1ccc(-c2cccc3c2nc2n3[Si]3(c4ccccc4-c4ccccc43)n3c(nc4cc5ccccc5cc43)N2c2ccccc2)cc1. The second kappa shape index (κ2) is 9.41. The molecule has 0 amide bonds. The Balaban J connectivity index is 1.39. The van der Waals surface area contributed by atoms with E-state index in [9.17, 15) is 0 Å². The third-order valence-corrected chi connectivity index (χ3v) is 14.8. The third-order valence-electron chi connectivity index (χ3n) is 10.2. The summed E-state index contributed by atoms with van der Waals surface area (Å²) in [5.74, 6) is 1.79. The molecule has 1 spiro atoms. The Labute approximate surface area is 277 Å². The number of aromatic nitrogens is 4. The molecule has 0 N–H and O–H groups in total. The second-order valence-electron chi connectivity index (χ2n) is 12.7. The Bertz CT molecular complexity index is 2700. The molecule has 0 aliphatic carbocycles. The van der Waals surface area contributed by atoms with E-state index < -0.39 is 8.40 Å². The number of hydrogen-bond acceptors (Lipinski definition) is 3. The van der Waals surface area contributed by atoms with Gasteiger partial charge in [-0.25, -0.2) is 9.97 Å². The standard InChI is InChI=1S/C42H27N5Si/c1-3-14-28(15-4-1)32-22-13-23-36-40(32)44-42-45(31-18-5-2-6-19-31)41-43-35-26-29-16-7-8-17-30(29)27-37(35)47(41)48(46(36)42)38-24-11-9-20-33(38)34-21-10-12-25-39(34)48/h1-27H. The van der Waals surface area contributed by atoms with E-state index in [1.165, 1.54) is 32.3 Å². The first-order valence-electron chi connectivity index (χ1n) is 16.4. The van der Waals surface area contributed by atoms with Crippen LogP contribution in [0.4, 0.5) is 17.6 Å². The summed E-state index contributed by atoms with van der Waals surface area (Å²) in [4.78, 5) is 13.5. The first-order valence-corrected chi connectivity index (χ1v) is 18.3. The Kier molecular flexibility index (Phi) is 5.07. The van der Waals surface area contributed by atoms with Gasteiger partial charge >= 0.3 is 8.40 Å². The van der Waals surface area contributed by atoms with Crippen LogP contribution in [0.2, 0.25) is 0 Å². The van der Waals surface area contributed by atoms with Gasteiger partial charge in [-0.2, -0.15) is 0 Å². The van der Waals surface area contributed by atoms with Crippen LogP contribution in [-0.2, 0) is 0 Å². The van der Waals surface area contributed by atoms with Crippen molar-refractivity contribution < 1.29 is 0 Å². The van der Waals surface area contributed by atoms with Crippen molar-refractivity contribution >= 4 is 69.2 Å². The smallest absolute Gasteiger partial charge is 0.310 e. The molecule has 9 aromatic rings. The molecule has 4 heterocycles. The molecule has 2 aliphatic heterocycles. The highest BCUT2D eigenvalue weighted by Crippen LogP contribution is 2.48. The van der Waals surface area contributed by atoms with Gasteiger partial charge in [0, 0.05) is 5.56 Å². The topological polar surface area (TPSA) is 38.9 Å². The fourth-order valence-electron chi connectivity index (χ4n) is 8.29. The minimum atomic E-state index is -3.15. The van der Waals surface area contributed by atoms with Crippen molar-refractivity contribution in [1.29, 1.82) is 0 Å².